The van der Waals surface area contributed by atoms with E-state index in [-0.39, 0.29) is 0 Å². The van der Waals surface area contributed by atoms with Gasteiger partial charge in [0.05, 0.1) is 0 Å². The Bertz CT molecular complexity index is 365. The minimum atomic E-state index is 0.589. The predicted molar refractivity (Wildman–Crippen MR) is 76.1 cm³/mol. The van der Waals surface area contributed by atoms with Crippen LogP contribution in [0.3, 0.4) is 0 Å². The molecule has 1 saturated heterocycles. The van der Waals surface area contributed by atoms with Gasteiger partial charge in [0.15, 0.2) is 0 Å². The van der Waals surface area contributed by atoms with Crippen LogP contribution in [-0.2, 0) is 6.54 Å². The van der Waals surface area contributed by atoms with Gasteiger partial charge in [0, 0.05) is 36.2 Å². The lowest BCUT2D eigenvalue weighted by atomic mass is 10.2. The van der Waals surface area contributed by atoms with Crippen LogP contribution in [-0.4, -0.2) is 30.1 Å². The monoisotopic (exact) mass is 296 g/mol. The van der Waals surface area contributed by atoms with Crippen LogP contribution in [0.15, 0.2) is 28.7 Å². The van der Waals surface area contributed by atoms with E-state index in [0.29, 0.717) is 12.1 Å². The summed E-state index contributed by atoms with van der Waals surface area (Å²) >= 11 is 3.53. The molecule has 1 N–H and O–H groups in total. The summed E-state index contributed by atoms with van der Waals surface area (Å²) in [4.78, 5) is 2.53. The fraction of sp³-hybridized carbons (Fsp3) is 0.571. The molecule has 0 aliphatic carbocycles. The Hall–Kier alpha value is -0.380. The summed E-state index contributed by atoms with van der Waals surface area (Å²) in [6.45, 7) is 7.88. The lowest BCUT2D eigenvalue weighted by molar-refractivity contribution is 0.317. The zero-order chi connectivity index (χ0) is 12.3. The van der Waals surface area contributed by atoms with Crippen LogP contribution in [0.2, 0.25) is 0 Å². The lowest BCUT2D eigenvalue weighted by Gasteiger charge is -2.18. The Balaban J connectivity index is 1.85. The van der Waals surface area contributed by atoms with Gasteiger partial charge in [-0.3, -0.25) is 4.90 Å². The summed E-state index contributed by atoms with van der Waals surface area (Å²) < 4.78 is 1.17. The van der Waals surface area contributed by atoms with Crippen molar-refractivity contribution in [2.75, 3.05) is 13.1 Å². The average molecular weight is 297 g/mol. The van der Waals surface area contributed by atoms with Crippen molar-refractivity contribution >= 4 is 15.9 Å². The van der Waals surface area contributed by atoms with Crippen molar-refractivity contribution in [2.24, 2.45) is 0 Å². The quantitative estimate of drug-likeness (QED) is 0.919. The van der Waals surface area contributed by atoms with Crippen molar-refractivity contribution in [2.45, 2.75) is 38.9 Å². The highest BCUT2D eigenvalue weighted by molar-refractivity contribution is 9.10. The molecule has 17 heavy (non-hydrogen) atoms. The Labute approximate surface area is 113 Å². The fourth-order valence-electron chi connectivity index (χ4n) is 2.48. The second kappa shape index (κ2) is 5.98. The van der Waals surface area contributed by atoms with Gasteiger partial charge in [-0.2, -0.15) is 0 Å². The fourth-order valence-corrected chi connectivity index (χ4v) is 2.92. The Morgan fingerprint density at radius 2 is 2.29 bits per heavy atom. The van der Waals surface area contributed by atoms with Crippen molar-refractivity contribution in [3.8, 4) is 0 Å². The first-order chi connectivity index (χ1) is 8.13. The molecule has 0 amide bonds. The normalized spacial score (nSPS) is 21.3. The molecule has 1 atom stereocenters. The summed E-state index contributed by atoms with van der Waals surface area (Å²) in [6, 6.07) is 9.86. The van der Waals surface area contributed by atoms with Crippen molar-refractivity contribution in [1.82, 2.24) is 10.2 Å². The summed E-state index contributed by atoms with van der Waals surface area (Å²) in [5.41, 5.74) is 1.39. The molecule has 1 fully saturated rings. The molecule has 1 heterocycles. The number of nitrogens with zero attached hydrogens (tertiary/aromatic N) is 1. The number of benzene rings is 1. The summed E-state index contributed by atoms with van der Waals surface area (Å²) in [5, 5.41) is 3.62. The van der Waals surface area contributed by atoms with E-state index in [1.165, 1.54) is 29.5 Å². The second-order valence-electron chi connectivity index (χ2n) is 5.17. The highest BCUT2D eigenvalue weighted by atomic mass is 79.9. The molecule has 3 heteroatoms. The smallest absolute Gasteiger partial charge is 0.0234 e. The highest BCUT2D eigenvalue weighted by Gasteiger charge is 2.22. The maximum atomic E-state index is 3.62. The van der Waals surface area contributed by atoms with Crippen LogP contribution >= 0.6 is 15.9 Å². The molecule has 0 radical (unpaired) electrons. The first-order valence-corrected chi connectivity index (χ1v) is 7.15. The van der Waals surface area contributed by atoms with Gasteiger partial charge in [0.2, 0.25) is 0 Å². The van der Waals surface area contributed by atoms with Gasteiger partial charge in [-0.25, -0.2) is 0 Å². The van der Waals surface area contributed by atoms with Gasteiger partial charge in [0.1, 0.15) is 0 Å². The first kappa shape index (κ1) is 13.1. The minimum Gasteiger partial charge on any atom is -0.310 e. The maximum Gasteiger partial charge on any atom is 0.0234 e. The molecule has 0 aromatic heterocycles. The Morgan fingerprint density at radius 3 is 3.00 bits per heavy atom. The van der Waals surface area contributed by atoms with Gasteiger partial charge in [-0.1, -0.05) is 41.9 Å². The van der Waals surface area contributed by atoms with E-state index in [1.807, 2.05) is 0 Å². The molecule has 0 bridgehead atoms. The van der Waals surface area contributed by atoms with E-state index in [9.17, 15) is 0 Å². The first-order valence-electron chi connectivity index (χ1n) is 6.36. The average Bonchev–Trinajstić information content (AvgIpc) is 2.64. The molecule has 0 spiro atoms. The third-order valence-electron chi connectivity index (χ3n) is 3.14. The predicted octanol–water partition coefficient (Wildman–Crippen LogP) is 3.02. The van der Waals surface area contributed by atoms with Crippen LogP contribution in [0.4, 0.5) is 0 Å². The van der Waals surface area contributed by atoms with Crippen LogP contribution in [0.1, 0.15) is 25.8 Å². The molecule has 1 aromatic carbocycles. The van der Waals surface area contributed by atoms with Gasteiger partial charge < -0.3 is 5.32 Å². The Morgan fingerprint density at radius 1 is 1.47 bits per heavy atom. The van der Waals surface area contributed by atoms with Crippen molar-refractivity contribution in [1.29, 1.82) is 0 Å². The van der Waals surface area contributed by atoms with Gasteiger partial charge in [-0.05, 0) is 24.1 Å². The topological polar surface area (TPSA) is 15.3 Å². The summed E-state index contributed by atoms with van der Waals surface area (Å²) in [7, 11) is 0. The van der Waals surface area contributed by atoms with Crippen LogP contribution in [0.5, 0.6) is 0 Å². The molecule has 94 valence electrons. The molecular weight excluding hydrogens is 276 g/mol. The number of halogens is 1. The maximum absolute atomic E-state index is 3.62. The minimum absolute atomic E-state index is 0.589. The van der Waals surface area contributed by atoms with E-state index in [2.05, 4.69) is 64.3 Å². The molecule has 2 nitrogen and oxygen atoms in total. The number of hydrogen-bond acceptors (Lipinski definition) is 2. The molecule has 1 aliphatic rings. The zero-order valence-electron chi connectivity index (χ0n) is 10.6. The lowest BCUT2D eigenvalue weighted by Crippen LogP contribution is -2.36. The van der Waals surface area contributed by atoms with E-state index in [0.717, 1.165) is 6.54 Å². The third-order valence-corrected chi connectivity index (χ3v) is 3.63. The Kier molecular flexibility index (Phi) is 4.60. The van der Waals surface area contributed by atoms with E-state index in [4.69, 9.17) is 0 Å². The second-order valence-corrected chi connectivity index (χ2v) is 6.09. The molecule has 0 saturated carbocycles. The number of hydrogen-bond donors (Lipinski definition) is 1. The van der Waals surface area contributed by atoms with E-state index >= 15 is 0 Å². The molecule has 1 unspecified atom stereocenters. The molecule has 1 aliphatic heterocycles. The van der Waals surface area contributed by atoms with E-state index in [1.54, 1.807) is 0 Å². The third kappa shape index (κ3) is 4.09. The van der Waals surface area contributed by atoms with Crippen molar-refractivity contribution < 1.29 is 0 Å². The van der Waals surface area contributed by atoms with Crippen molar-refractivity contribution in [3.63, 3.8) is 0 Å². The van der Waals surface area contributed by atoms with Crippen molar-refractivity contribution in [3.05, 3.63) is 34.3 Å². The van der Waals surface area contributed by atoms with Gasteiger partial charge in [0.25, 0.3) is 0 Å². The van der Waals surface area contributed by atoms with Crippen LogP contribution in [0, 0.1) is 0 Å². The molecule has 2 rings (SSSR count). The largest absolute Gasteiger partial charge is 0.310 e. The molecular formula is C14H21BrN2. The number of likely N-dealkylation sites (tertiary alicyclic amines) is 1. The number of nitrogens with one attached hydrogen (secondary N) is 1. The number of rotatable bonds is 4. The van der Waals surface area contributed by atoms with Gasteiger partial charge >= 0.3 is 0 Å². The van der Waals surface area contributed by atoms with Gasteiger partial charge in [-0.15, -0.1) is 0 Å². The van der Waals surface area contributed by atoms with Crippen LogP contribution in [0.25, 0.3) is 0 Å². The summed E-state index contributed by atoms with van der Waals surface area (Å²) in [6.07, 6.45) is 1.27. The SMILES string of the molecule is CC(C)NC1CCN(Cc2cccc(Br)c2)C1. The van der Waals surface area contributed by atoms with E-state index < -0.39 is 0 Å². The highest BCUT2D eigenvalue weighted by Crippen LogP contribution is 2.17. The molecule has 1 aromatic rings. The standard InChI is InChI=1S/C14H21BrN2/c1-11(2)16-14-6-7-17(10-14)9-12-4-3-5-13(15)8-12/h3-5,8,11,14,16H,6-7,9-10H2,1-2H3. The zero-order valence-corrected chi connectivity index (χ0v) is 12.2. The summed E-state index contributed by atoms with van der Waals surface area (Å²) in [5.74, 6) is 0. The van der Waals surface area contributed by atoms with Crippen LogP contribution < -0.4 is 5.32 Å².